The third-order valence-electron chi connectivity index (χ3n) is 0. The van der Waals surface area contributed by atoms with Crippen LogP contribution in [0.5, 0.6) is 0 Å². The number of rotatable bonds is 0. The van der Waals surface area contributed by atoms with Crippen molar-refractivity contribution in [3.8, 4) is 0 Å². The second kappa shape index (κ2) is 15.6. The monoisotopic (exact) mass is 193 g/mol. The zero-order valence-corrected chi connectivity index (χ0v) is 7.23. The first kappa shape index (κ1) is 15.8. The fraction of sp³-hybridized carbons (Fsp3) is 0.250. The quantitative estimate of drug-likeness (QED) is 0.263. The molecular formula is C4H9NNiS2. The van der Waals surface area contributed by atoms with Gasteiger partial charge in [0.1, 0.15) is 4.32 Å². The van der Waals surface area contributed by atoms with Crippen LogP contribution in [0, 0.1) is 0 Å². The maximum absolute atomic E-state index is 4.71. The van der Waals surface area contributed by atoms with Crippen molar-refractivity contribution >= 4 is 29.2 Å². The molecule has 52 valence electrons. The summed E-state index contributed by atoms with van der Waals surface area (Å²) < 4.78 is 0.194. The molecule has 0 saturated heterocycles. The Labute approximate surface area is 71.1 Å². The summed E-state index contributed by atoms with van der Waals surface area (Å²) >= 11 is 7.65. The number of hydrogen-bond donors (Lipinski definition) is 2. The van der Waals surface area contributed by atoms with Crippen molar-refractivity contribution in [3.63, 3.8) is 0 Å². The number of thiocarbonyl (C=S) groups is 1. The van der Waals surface area contributed by atoms with Crippen molar-refractivity contribution in [2.45, 2.75) is 6.92 Å². The van der Waals surface area contributed by atoms with Gasteiger partial charge in [-0.25, -0.2) is 0 Å². The molecule has 0 heterocycles. The maximum atomic E-state index is 4.71. The Kier molecular flexibility index (Phi) is 30.9. The van der Waals surface area contributed by atoms with E-state index in [9.17, 15) is 0 Å². The average Bonchev–Trinajstić information content (AvgIpc) is 1.33. The summed E-state index contributed by atoms with van der Waals surface area (Å²) in [5.41, 5.74) is 4.71. The van der Waals surface area contributed by atoms with E-state index >= 15 is 0 Å². The molecule has 0 aromatic rings. The second-order valence-corrected chi connectivity index (χ2v) is 1.97. The largest absolute Gasteiger partial charge is 0.385 e. The fourth-order valence-corrected chi connectivity index (χ4v) is 0. The van der Waals surface area contributed by atoms with Crippen molar-refractivity contribution < 1.29 is 16.5 Å². The van der Waals surface area contributed by atoms with E-state index in [1.807, 2.05) is 6.92 Å². The second-order valence-electron chi connectivity index (χ2n) is 0.746. The first-order chi connectivity index (χ1) is 3.15. The summed E-state index contributed by atoms with van der Waals surface area (Å²) in [6.07, 6.45) is 1.75. The molecule has 4 heteroatoms. The van der Waals surface area contributed by atoms with E-state index in [1.165, 1.54) is 0 Å². The zero-order valence-electron chi connectivity index (χ0n) is 4.53. The minimum atomic E-state index is 0. The summed E-state index contributed by atoms with van der Waals surface area (Å²) in [5, 5.41) is 0. The molecule has 0 radical (unpaired) electrons. The molecule has 0 aromatic carbocycles. The maximum Gasteiger partial charge on any atom is 0.128 e. The molecule has 8 heavy (non-hydrogen) atoms. The van der Waals surface area contributed by atoms with Crippen LogP contribution in [0.3, 0.4) is 0 Å². The normalized spacial score (nSPS) is 4.75. The molecule has 0 rings (SSSR count). The Morgan fingerprint density at radius 3 is 1.88 bits per heavy atom. The fourth-order valence-electron chi connectivity index (χ4n) is 0. The Bertz CT molecular complexity index is 61.1. The molecule has 0 aliphatic rings. The van der Waals surface area contributed by atoms with Crippen molar-refractivity contribution in [1.29, 1.82) is 0 Å². The van der Waals surface area contributed by atoms with E-state index in [0.717, 1.165) is 0 Å². The van der Waals surface area contributed by atoms with Crippen LogP contribution in [-0.4, -0.2) is 4.32 Å². The van der Waals surface area contributed by atoms with Gasteiger partial charge in [0.2, 0.25) is 0 Å². The molecule has 0 amide bonds. The van der Waals surface area contributed by atoms with Gasteiger partial charge >= 0.3 is 0 Å². The predicted molar refractivity (Wildman–Crippen MR) is 41.6 cm³/mol. The van der Waals surface area contributed by atoms with Crippen LogP contribution in [0.25, 0.3) is 0 Å². The summed E-state index contributed by atoms with van der Waals surface area (Å²) in [7, 11) is 0. The third-order valence-corrected chi connectivity index (χ3v) is 0. The van der Waals surface area contributed by atoms with Crippen LogP contribution in [0.2, 0.25) is 0 Å². The summed E-state index contributed by atoms with van der Waals surface area (Å²) in [4.78, 5) is 0. The van der Waals surface area contributed by atoms with Gasteiger partial charge in [0.25, 0.3) is 0 Å². The summed E-state index contributed by atoms with van der Waals surface area (Å²) in [6, 6.07) is 0. The molecule has 1 nitrogen and oxygen atoms in total. The molecule has 0 bridgehead atoms. The SMILES string of the molecule is C=CC.NC(=S)S.[Ni]. The van der Waals surface area contributed by atoms with Crippen LogP contribution in [0.4, 0.5) is 0 Å². The van der Waals surface area contributed by atoms with E-state index in [0.29, 0.717) is 0 Å². The van der Waals surface area contributed by atoms with Crippen molar-refractivity contribution in [1.82, 2.24) is 0 Å². The Morgan fingerprint density at radius 2 is 1.88 bits per heavy atom. The molecule has 0 spiro atoms. The Hall–Kier alpha value is 0.474. The molecule has 0 atom stereocenters. The molecule has 0 saturated carbocycles. The van der Waals surface area contributed by atoms with Gasteiger partial charge in [-0.1, -0.05) is 18.3 Å². The van der Waals surface area contributed by atoms with E-state index < -0.39 is 0 Å². The minimum Gasteiger partial charge on any atom is -0.385 e. The number of hydrogen-bond acceptors (Lipinski definition) is 1. The third kappa shape index (κ3) is 865. The minimum absolute atomic E-state index is 0. The molecule has 0 fully saturated rings. The first-order valence-corrected chi connectivity index (χ1v) is 2.56. The van der Waals surface area contributed by atoms with E-state index in [2.05, 4.69) is 31.4 Å². The smallest absolute Gasteiger partial charge is 0.128 e. The predicted octanol–water partition coefficient (Wildman–Crippen LogP) is 1.35. The first-order valence-electron chi connectivity index (χ1n) is 1.70. The van der Waals surface area contributed by atoms with Gasteiger partial charge in [-0.3, -0.25) is 0 Å². The number of nitrogens with two attached hydrogens (primary N) is 1. The van der Waals surface area contributed by atoms with Gasteiger partial charge in [0.15, 0.2) is 0 Å². The Morgan fingerprint density at radius 1 is 1.88 bits per heavy atom. The van der Waals surface area contributed by atoms with Gasteiger partial charge < -0.3 is 5.73 Å². The number of allylic oxidation sites excluding steroid dienone is 1. The van der Waals surface area contributed by atoms with E-state index in [-0.39, 0.29) is 20.8 Å². The van der Waals surface area contributed by atoms with Gasteiger partial charge in [0.05, 0.1) is 0 Å². The topological polar surface area (TPSA) is 26.0 Å². The standard InChI is InChI=1S/C3H6.CH3NS2.Ni/c1-3-2;2-1(3)4;/h3H,1H2,2H3;(H3,2,3,4);. The molecular weight excluding hydrogens is 185 g/mol. The van der Waals surface area contributed by atoms with Gasteiger partial charge in [0, 0.05) is 16.5 Å². The zero-order chi connectivity index (χ0) is 6.28. The van der Waals surface area contributed by atoms with Crippen LogP contribution < -0.4 is 5.73 Å². The van der Waals surface area contributed by atoms with Gasteiger partial charge in [-0.2, -0.15) is 0 Å². The van der Waals surface area contributed by atoms with E-state index in [1.54, 1.807) is 6.08 Å². The van der Waals surface area contributed by atoms with Crippen LogP contribution in [0.1, 0.15) is 6.92 Å². The van der Waals surface area contributed by atoms with Crippen LogP contribution >= 0.6 is 24.8 Å². The molecule has 0 unspecified atom stereocenters. The molecule has 0 aliphatic carbocycles. The van der Waals surface area contributed by atoms with Crippen molar-refractivity contribution in [2.24, 2.45) is 5.73 Å². The summed E-state index contributed by atoms with van der Waals surface area (Å²) in [6.45, 7) is 5.25. The summed E-state index contributed by atoms with van der Waals surface area (Å²) in [5.74, 6) is 0. The average molecular weight is 194 g/mol. The molecule has 0 aliphatic heterocycles. The molecule has 2 N–H and O–H groups in total. The molecule has 0 aromatic heterocycles. The van der Waals surface area contributed by atoms with Crippen LogP contribution in [0.15, 0.2) is 12.7 Å². The van der Waals surface area contributed by atoms with Gasteiger partial charge in [-0.05, 0) is 6.92 Å². The van der Waals surface area contributed by atoms with Gasteiger partial charge in [-0.15, -0.1) is 19.2 Å². The van der Waals surface area contributed by atoms with Crippen molar-refractivity contribution in [3.05, 3.63) is 12.7 Å². The Balaban J connectivity index is -0.0000000575. The van der Waals surface area contributed by atoms with Crippen LogP contribution in [-0.2, 0) is 16.5 Å². The number of thiol groups is 1. The van der Waals surface area contributed by atoms with Crippen molar-refractivity contribution in [2.75, 3.05) is 0 Å². The van der Waals surface area contributed by atoms with E-state index in [4.69, 9.17) is 5.73 Å².